The number of hydrogen-bond acceptors (Lipinski definition) is 6. The van der Waals surface area contributed by atoms with Gasteiger partial charge in [0.1, 0.15) is 6.04 Å². The summed E-state index contributed by atoms with van der Waals surface area (Å²) in [5, 5.41) is 20.7. The predicted octanol–water partition coefficient (Wildman–Crippen LogP) is 2.33. The number of nitro groups is 1. The molecule has 3 rings (SSSR count). The van der Waals surface area contributed by atoms with Crippen molar-refractivity contribution >= 4 is 11.6 Å². The molecule has 1 aliphatic rings. The van der Waals surface area contributed by atoms with Crippen LogP contribution in [0.4, 0.5) is 5.69 Å². The standard InChI is InChI=1S/C21H27N5O3/c27-21(25-15-17-6-11-23-12-7-17)20(18-2-1-3-19(14-18)26(28)29)24-13-8-16-4-9-22-10-5-16/h1-3,6-7,11-12,14,16,20,22,24H,4-5,8-10,13,15H2,(H,25,27). The number of nitro benzene ring substituents is 1. The van der Waals surface area contributed by atoms with Gasteiger partial charge >= 0.3 is 0 Å². The summed E-state index contributed by atoms with van der Waals surface area (Å²) in [6, 6.07) is 9.31. The van der Waals surface area contributed by atoms with Crippen molar-refractivity contribution in [3.8, 4) is 0 Å². The molecule has 2 heterocycles. The molecule has 8 nitrogen and oxygen atoms in total. The molecule has 3 N–H and O–H groups in total. The fraction of sp³-hybridized carbons (Fsp3) is 0.429. The molecule has 0 radical (unpaired) electrons. The van der Waals surface area contributed by atoms with E-state index < -0.39 is 11.0 Å². The summed E-state index contributed by atoms with van der Waals surface area (Å²) < 4.78 is 0. The second-order valence-corrected chi connectivity index (χ2v) is 7.29. The van der Waals surface area contributed by atoms with Crippen LogP contribution >= 0.6 is 0 Å². The van der Waals surface area contributed by atoms with E-state index in [0.717, 1.165) is 37.9 Å². The minimum atomic E-state index is -0.640. The second kappa shape index (κ2) is 10.6. The van der Waals surface area contributed by atoms with Crippen LogP contribution < -0.4 is 16.0 Å². The van der Waals surface area contributed by atoms with Crippen molar-refractivity contribution in [1.82, 2.24) is 20.9 Å². The molecule has 0 bridgehead atoms. The Morgan fingerprint density at radius 3 is 2.72 bits per heavy atom. The molecule has 2 aromatic rings. The Morgan fingerprint density at radius 2 is 2.00 bits per heavy atom. The van der Waals surface area contributed by atoms with Gasteiger partial charge in [0.05, 0.1) is 4.92 Å². The molecule has 1 amide bonds. The number of nitrogens with zero attached hydrogens (tertiary/aromatic N) is 2. The number of carbonyl (C=O) groups excluding carboxylic acids is 1. The molecule has 154 valence electrons. The number of rotatable bonds is 9. The summed E-state index contributed by atoms with van der Waals surface area (Å²) in [6.07, 6.45) is 6.60. The van der Waals surface area contributed by atoms with Gasteiger partial charge in [-0.25, -0.2) is 0 Å². The monoisotopic (exact) mass is 397 g/mol. The Labute approximate surface area is 170 Å². The number of nitrogens with one attached hydrogen (secondary N) is 3. The lowest BCUT2D eigenvalue weighted by Gasteiger charge is -2.24. The van der Waals surface area contributed by atoms with Crippen molar-refractivity contribution in [1.29, 1.82) is 0 Å². The first-order valence-electron chi connectivity index (χ1n) is 9.98. The lowest BCUT2D eigenvalue weighted by Crippen LogP contribution is -2.38. The van der Waals surface area contributed by atoms with Crippen molar-refractivity contribution in [3.05, 3.63) is 70.0 Å². The first kappa shape index (κ1) is 20.9. The van der Waals surface area contributed by atoms with E-state index in [0.29, 0.717) is 24.6 Å². The fourth-order valence-electron chi connectivity index (χ4n) is 3.57. The van der Waals surface area contributed by atoms with E-state index in [1.165, 1.54) is 12.1 Å². The molecule has 1 aromatic carbocycles. The number of hydrogen-bond donors (Lipinski definition) is 3. The number of pyridine rings is 1. The topological polar surface area (TPSA) is 109 Å². The quantitative estimate of drug-likeness (QED) is 0.443. The highest BCUT2D eigenvalue weighted by atomic mass is 16.6. The highest BCUT2D eigenvalue weighted by Gasteiger charge is 2.22. The maximum absolute atomic E-state index is 12.9. The number of aromatic nitrogens is 1. The van der Waals surface area contributed by atoms with Gasteiger partial charge in [-0.05, 0) is 68.1 Å². The molecule has 1 saturated heterocycles. The van der Waals surface area contributed by atoms with Crippen LogP contribution in [-0.4, -0.2) is 35.4 Å². The normalized spacial score (nSPS) is 15.6. The predicted molar refractivity (Wildman–Crippen MR) is 110 cm³/mol. The Kier molecular flexibility index (Phi) is 7.66. The van der Waals surface area contributed by atoms with Crippen LogP contribution in [0, 0.1) is 16.0 Å². The molecule has 0 aliphatic carbocycles. The Hall–Kier alpha value is -2.84. The van der Waals surface area contributed by atoms with E-state index in [9.17, 15) is 14.9 Å². The van der Waals surface area contributed by atoms with Gasteiger partial charge in [-0.3, -0.25) is 19.9 Å². The summed E-state index contributed by atoms with van der Waals surface area (Å²) >= 11 is 0. The summed E-state index contributed by atoms with van der Waals surface area (Å²) in [5.41, 5.74) is 1.52. The van der Waals surface area contributed by atoms with Gasteiger partial charge in [0, 0.05) is 31.1 Å². The zero-order chi connectivity index (χ0) is 20.5. The maximum atomic E-state index is 12.9. The van der Waals surface area contributed by atoms with Crippen molar-refractivity contribution < 1.29 is 9.72 Å². The lowest BCUT2D eigenvalue weighted by atomic mass is 9.94. The molecular weight excluding hydrogens is 370 g/mol. The van der Waals surface area contributed by atoms with Crippen LogP contribution in [0.15, 0.2) is 48.8 Å². The summed E-state index contributed by atoms with van der Waals surface area (Å²) in [4.78, 5) is 27.6. The van der Waals surface area contributed by atoms with E-state index in [4.69, 9.17) is 0 Å². The van der Waals surface area contributed by atoms with Gasteiger partial charge in [-0.2, -0.15) is 0 Å². The zero-order valence-corrected chi connectivity index (χ0v) is 16.3. The second-order valence-electron chi connectivity index (χ2n) is 7.29. The average Bonchev–Trinajstić information content (AvgIpc) is 2.76. The SMILES string of the molecule is O=C(NCc1ccncc1)C(NCCC1CCNCC1)c1cccc([N+](=O)[O-])c1. The molecule has 1 unspecified atom stereocenters. The van der Waals surface area contributed by atoms with E-state index in [-0.39, 0.29) is 11.6 Å². The smallest absolute Gasteiger partial charge is 0.269 e. The highest BCUT2D eigenvalue weighted by molar-refractivity contribution is 5.83. The first-order valence-corrected chi connectivity index (χ1v) is 9.98. The average molecular weight is 397 g/mol. The van der Waals surface area contributed by atoms with Crippen LogP contribution in [-0.2, 0) is 11.3 Å². The Morgan fingerprint density at radius 1 is 1.24 bits per heavy atom. The van der Waals surface area contributed by atoms with Gasteiger partial charge in [-0.1, -0.05) is 12.1 Å². The molecular formula is C21H27N5O3. The van der Waals surface area contributed by atoms with Crippen molar-refractivity contribution in [2.24, 2.45) is 5.92 Å². The summed E-state index contributed by atoms with van der Waals surface area (Å²) in [5.74, 6) is 0.432. The summed E-state index contributed by atoms with van der Waals surface area (Å²) in [6.45, 7) is 3.13. The minimum absolute atomic E-state index is 0.0189. The number of piperidine rings is 1. The van der Waals surface area contributed by atoms with Crippen LogP contribution in [0.25, 0.3) is 0 Å². The third-order valence-electron chi connectivity index (χ3n) is 5.25. The molecule has 0 saturated carbocycles. The van der Waals surface area contributed by atoms with Crippen LogP contribution in [0.1, 0.15) is 36.4 Å². The van der Waals surface area contributed by atoms with Gasteiger partial charge in [0.15, 0.2) is 0 Å². The van der Waals surface area contributed by atoms with E-state index in [2.05, 4.69) is 20.9 Å². The maximum Gasteiger partial charge on any atom is 0.269 e. The van der Waals surface area contributed by atoms with E-state index in [1.807, 2.05) is 12.1 Å². The Bertz CT molecular complexity index is 809. The third kappa shape index (κ3) is 6.33. The zero-order valence-electron chi connectivity index (χ0n) is 16.3. The number of amides is 1. The summed E-state index contributed by atoms with van der Waals surface area (Å²) in [7, 11) is 0. The van der Waals surface area contributed by atoms with Crippen LogP contribution in [0.5, 0.6) is 0 Å². The lowest BCUT2D eigenvalue weighted by molar-refractivity contribution is -0.384. The first-order chi connectivity index (χ1) is 14.1. The molecule has 29 heavy (non-hydrogen) atoms. The minimum Gasteiger partial charge on any atom is -0.350 e. The van der Waals surface area contributed by atoms with Crippen molar-refractivity contribution in [2.75, 3.05) is 19.6 Å². The van der Waals surface area contributed by atoms with Crippen molar-refractivity contribution in [2.45, 2.75) is 31.8 Å². The van der Waals surface area contributed by atoms with Gasteiger partial charge in [-0.15, -0.1) is 0 Å². The molecule has 1 atom stereocenters. The van der Waals surface area contributed by atoms with E-state index in [1.54, 1.807) is 24.5 Å². The third-order valence-corrected chi connectivity index (χ3v) is 5.25. The van der Waals surface area contributed by atoms with E-state index >= 15 is 0 Å². The molecule has 0 spiro atoms. The van der Waals surface area contributed by atoms with Gasteiger partial charge in [0.25, 0.3) is 5.69 Å². The molecule has 1 fully saturated rings. The number of benzene rings is 1. The Balaban J connectivity index is 1.66. The molecule has 1 aliphatic heterocycles. The number of carbonyl (C=O) groups is 1. The van der Waals surface area contributed by atoms with Gasteiger partial charge < -0.3 is 16.0 Å². The molecule has 1 aromatic heterocycles. The van der Waals surface area contributed by atoms with Crippen LogP contribution in [0.2, 0.25) is 0 Å². The van der Waals surface area contributed by atoms with Gasteiger partial charge in [0.2, 0.25) is 5.91 Å². The van der Waals surface area contributed by atoms with Crippen LogP contribution in [0.3, 0.4) is 0 Å². The van der Waals surface area contributed by atoms with Crippen molar-refractivity contribution in [3.63, 3.8) is 0 Å². The molecule has 8 heteroatoms. The highest BCUT2D eigenvalue weighted by Crippen LogP contribution is 2.21. The number of non-ortho nitro benzene ring substituents is 1. The fourth-order valence-corrected chi connectivity index (χ4v) is 3.57. The largest absolute Gasteiger partial charge is 0.350 e.